The highest BCUT2D eigenvalue weighted by molar-refractivity contribution is 5.85. The number of aliphatic carboxylic acids is 1. The summed E-state index contributed by atoms with van der Waals surface area (Å²) in [5, 5.41) is 13.1. The number of aromatic nitrogens is 1. The monoisotopic (exact) mass is 330 g/mol. The third kappa shape index (κ3) is 4.85. The molecule has 0 spiro atoms. The van der Waals surface area contributed by atoms with E-state index in [1.54, 1.807) is 0 Å². The van der Waals surface area contributed by atoms with Crippen molar-refractivity contribution in [2.45, 2.75) is 40.0 Å². The highest BCUT2D eigenvalue weighted by Crippen LogP contribution is 2.20. The minimum absolute atomic E-state index is 0.105. The number of fused-ring (bicyclic) bond motifs is 1. The van der Waals surface area contributed by atoms with Crippen molar-refractivity contribution < 1.29 is 14.7 Å². The molecule has 1 unspecified atom stereocenters. The Kier molecular flexibility index (Phi) is 6.01. The van der Waals surface area contributed by atoms with E-state index in [0.29, 0.717) is 19.3 Å². The number of nitrogens with one attached hydrogen (secondary N) is 2. The van der Waals surface area contributed by atoms with Crippen molar-refractivity contribution in [1.29, 1.82) is 0 Å². The summed E-state index contributed by atoms with van der Waals surface area (Å²) in [6.45, 7) is 6.20. The summed E-state index contributed by atoms with van der Waals surface area (Å²) < 4.78 is 0. The zero-order valence-electron chi connectivity index (χ0n) is 14.6. The molecule has 3 N–H and O–H groups in total. The number of hydrogen-bond donors (Lipinski definition) is 3. The summed E-state index contributed by atoms with van der Waals surface area (Å²) in [6.07, 6.45) is 3.50. The highest BCUT2D eigenvalue weighted by Gasteiger charge is 2.19. The molecular weight excluding hydrogens is 304 g/mol. The largest absolute Gasteiger partial charge is 0.481 e. The quantitative estimate of drug-likeness (QED) is 0.695. The van der Waals surface area contributed by atoms with Crippen LogP contribution in [0.3, 0.4) is 0 Å². The second-order valence-electron chi connectivity index (χ2n) is 6.83. The van der Waals surface area contributed by atoms with Crippen LogP contribution in [-0.4, -0.2) is 28.5 Å². The number of carboxylic acids is 1. The molecule has 0 saturated carbocycles. The van der Waals surface area contributed by atoms with Gasteiger partial charge in [0.1, 0.15) is 0 Å². The molecule has 0 aliphatic carbocycles. The number of hydrogen-bond acceptors (Lipinski definition) is 2. The average molecular weight is 330 g/mol. The van der Waals surface area contributed by atoms with Crippen LogP contribution < -0.4 is 5.32 Å². The molecule has 130 valence electrons. The molecule has 2 aromatic rings. The van der Waals surface area contributed by atoms with Crippen LogP contribution in [-0.2, 0) is 16.0 Å². The molecule has 0 bridgehead atoms. The third-order valence-corrected chi connectivity index (χ3v) is 4.20. The van der Waals surface area contributed by atoms with E-state index in [-0.39, 0.29) is 18.4 Å². The number of H-pyrrole nitrogens is 1. The van der Waals surface area contributed by atoms with Gasteiger partial charge in [-0.15, -0.1) is 0 Å². The molecule has 1 aromatic carbocycles. The first-order chi connectivity index (χ1) is 11.4. The number of carbonyl (C=O) groups is 2. The Balaban J connectivity index is 1.88. The molecule has 1 aromatic heterocycles. The average Bonchev–Trinajstić information content (AvgIpc) is 2.91. The van der Waals surface area contributed by atoms with Crippen LogP contribution >= 0.6 is 0 Å². The summed E-state index contributed by atoms with van der Waals surface area (Å²) >= 11 is 0. The third-order valence-electron chi connectivity index (χ3n) is 4.20. The van der Waals surface area contributed by atoms with Crippen LogP contribution in [0.2, 0.25) is 0 Å². The van der Waals surface area contributed by atoms with E-state index in [9.17, 15) is 14.7 Å². The van der Waals surface area contributed by atoms with Gasteiger partial charge in [-0.1, -0.05) is 25.5 Å². The maximum atomic E-state index is 12.0. The number of carbonyl (C=O) groups excluding carboxylic acids is 1. The molecule has 1 heterocycles. The summed E-state index contributed by atoms with van der Waals surface area (Å²) in [5.74, 6) is -1.19. The minimum Gasteiger partial charge on any atom is -0.481 e. The molecule has 0 aliphatic heterocycles. The van der Waals surface area contributed by atoms with E-state index in [0.717, 1.165) is 16.5 Å². The van der Waals surface area contributed by atoms with Gasteiger partial charge in [0.25, 0.3) is 0 Å². The van der Waals surface area contributed by atoms with Crippen molar-refractivity contribution in [1.82, 2.24) is 10.3 Å². The van der Waals surface area contributed by atoms with Crippen LogP contribution in [0.1, 0.15) is 37.8 Å². The van der Waals surface area contributed by atoms with Gasteiger partial charge in [-0.25, -0.2) is 0 Å². The summed E-state index contributed by atoms with van der Waals surface area (Å²) in [5.41, 5.74) is 3.37. The maximum Gasteiger partial charge on any atom is 0.308 e. The summed E-state index contributed by atoms with van der Waals surface area (Å²) in [6, 6.07) is 6.20. The van der Waals surface area contributed by atoms with Gasteiger partial charge < -0.3 is 15.4 Å². The van der Waals surface area contributed by atoms with Crippen molar-refractivity contribution in [2.24, 2.45) is 11.8 Å². The van der Waals surface area contributed by atoms with Crippen LogP contribution in [0.15, 0.2) is 24.4 Å². The molecule has 1 atom stereocenters. The van der Waals surface area contributed by atoms with Gasteiger partial charge >= 0.3 is 5.97 Å². The van der Waals surface area contributed by atoms with Gasteiger partial charge in [0.15, 0.2) is 0 Å². The zero-order chi connectivity index (χ0) is 17.7. The summed E-state index contributed by atoms with van der Waals surface area (Å²) in [7, 11) is 0. The molecular formula is C19H26N2O3. The number of amides is 1. The van der Waals surface area contributed by atoms with E-state index in [4.69, 9.17) is 0 Å². The predicted molar refractivity (Wildman–Crippen MR) is 94.9 cm³/mol. The molecule has 0 saturated heterocycles. The lowest BCUT2D eigenvalue weighted by Crippen LogP contribution is -2.33. The van der Waals surface area contributed by atoms with E-state index in [1.165, 1.54) is 5.56 Å². The first-order valence-electron chi connectivity index (χ1n) is 8.43. The van der Waals surface area contributed by atoms with Crippen LogP contribution in [0, 0.1) is 18.8 Å². The van der Waals surface area contributed by atoms with E-state index >= 15 is 0 Å². The molecule has 24 heavy (non-hydrogen) atoms. The van der Waals surface area contributed by atoms with Crippen molar-refractivity contribution in [2.75, 3.05) is 6.54 Å². The second-order valence-corrected chi connectivity index (χ2v) is 6.83. The SMILES string of the molecule is Cc1ccc2[nH]cc(CCC(=O)NCC(CC(C)C)C(=O)O)c2c1. The minimum atomic E-state index is -0.851. The molecule has 0 aliphatic rings. The van der Waals surface area contributed by atoms with Crippen molar-refractivity contribution >= 4 is 22.8 Å². The Hall–Kier alpha value is -2.30. The van der Waals surface area contributed by atoms with Gasteiger partial charge in [-0.05, 0) is 43.4 Å². The van der Waals surface area contributed by atoms with Gasteiger partial charge in [0.2, 0.25) is 5.91 Å². The lowest BCUT2D eigenvalue weighted by Gasteiger charge is -2.15. The van der Waals surface area contributed by atoms with E-state index in [2.05, 4.69) is 22.4 Å². The number of benzene rings is 1. The van der Waals surface area contributed by atoms with Crippen LogP contribution in [0.5, 0.6) is 0 Å². The second kappa shape index (κ2) is 7.99. The topological polar surface area (TPSA) is 82.2 Å². The molecule has 2 rings (SSSR count). The standard InChI is InChI=1S/C19H26N2O3/c1-12(2)8-15(19(23)24)11-21-18(22)7-5-14-10-20-17-6-4-13(3)9-16(14)17/h4,6,9-10,12,15,20H,5,7-8,11H2,1-3H3,(H,21,22)(H,23,24). The highest BCUT2D eigenvalue weighted by atomic mass is 16.4. The molecule has 1 amide bonds. The predicted octanol–water partition coefficient (Wildman–Crippen LogP) is 3.27. The Bertz CT molecular complexity index is 718. The summed E-state index contributed by atoms with van der Waals surface area (Å²) in [4.78, 5) is 26.5. The Morgan fingerprint density at radius 2 is 2.04 bits per heavy atom. The van der Waals surface area contributed by atoms with Crippen LogP contribution in [0.4, 0.5) is 0 Å². The Morgan fingerprint density at radius 1 is 1.29 bits per heavy atom. The van der Waals surface area contributed by atoms with Crippen molar-refractivity contribution in [3.8, 4) is 0 Å². The molecule has 5 nitrogen and oxygen atoms in total. The molecule has 0 fully saturated rings. The normalized spacial score (nSPS) is 12.5. The number of rotatable bonds is 8. The Labute approximate surface area is 142 Å². The lowest BCUT2D eigenvalue weighted by molar-refractivity contribution is -0.142. The lowest BCUT2D eigenvalue weighted by atomic mass is 9.97. The smallest absolute Gasteiger partial charge is 0.308 e. The van der Waals surface area contributed by atoms with Crippen molar-refractivity contribution in [3.05, 3.63) is 35.5 Å². The molecule has 0 radical (unpaired) electrons. The van der Waals surface area contributed by atoms with Gasteiger partial charge in [0.05, 0.1) is 5.92 Å². The maximum absolute atomic E-state index is 12.0. The number of carboxylic acid groups (broad SMARTS) is 1. The number of aromatic amines is 1. The van der Waals surface area contributed by atoms with E-state index in [1.807, 2.05) is 33.0 Å². The van der Waals surface area contributed by atoms with Gasteiger partial charge in [-0.3, -0.25) is 9.59 Å². The van der Waals surface area contributed by atoms with Gasteiger partial charge in [0, 0.05) is 30.1 Å². The fourth-order valence-corrected chi connectivity index (χ4v) is 2.91. The number of aryl methyl sites for hydroxylation is 2. The first-order valence-corrected chi connectivity index (χ1v) is 8.43. The van der Waals surface area contributed by atoms with E-state index < -0.39 is 11.9 Å². The fourth-order valence-electron chi connectivity index (χ4n) is 2.91. The Morgan fingerprint density at radius 3 is 2.71 bits per heavy atom. The first kappa shape index (κ1) is 18.0. The fraction of sp³-hybridized carbons (Fsp3) is 0.474. The van der Waals surface area contributed by atoms with Crippen LogP contribution in [0.25, 0.3) is 10.9 Å². The van der Waals surface area contributed by atoms with Gasteiger partial charge in [-0.2, -0.15) is 0 Å². The zero-order valence-corrected chi connectivity index (χ0v) is 14.6. The van der Waals surface area contributed by atoms with Crippen molar-refractivity contribution in [3.63, 3.8) is 0 Å². The molecule has 5 heteroatoms.